The zero-order chi connectivity index (χ0) is 10.9. The Hall–Kier alpha value is -0.230. The van der Waals surface area contributed by atoms with Gasteiger partial charge in [-0.05, 0) is 41.6 Å². The van der Waals surface area contributed by atoms with Gasteiger partial charge >= 0.3 is 0 Å². The number of alkyl halides is 2. The highest BCUT2D eigenvalue weighted by Gasteiger charge is 2.15. The minimum absolute atomic E-state index is 0.189. The minimum atomic E-state index is -2.61. The summed E-state index contributed by atoms with van der Waals surface area (Å²) in [6, 6.07) is 2.36. The van der Waals surface area contributed by atoms with Gasteiger partial charge in [0.05, 0.1) is 5.02 Å². The van der Waals surface area contributed by atoms with Crippen LogP contribution in [0.4, 0.5) is 8.78 Å². The highest BCUT2D eigenvalue weighted by Crippen LogP contribution is 2.29. The van der Waals surface area contributed by atoms with E-state index in [4.69, 9.17) is 11.6 Å². The first-order valence-corrected chi connectivity index (χ1v) is 5.17. The normalized spacial score (nSPS) is 10.7. The fourth-order valence-electron chi connectivity index (χ4n) is 0.992. The van der Waals surface area contributed by atoms with Crippen molar-refractivity contribution in [2.75, 3.05) is 0 Å². The zero-order valence-corrected chi connectivity index (χ0v) is 10.1. The number of ketones is 1. The second-order valence-electron chi connectivity index (χ2n) is 2.72. The van der Waals surface area contributed by atoms with Gasteiger partial charge in [-0.3, -0.25) is 4.79 Å². The Balaban J connectivity index is 3.35. The molecule has 76 valence electrons. The topological polar surface area (TPSA) is 17.1 Å². The van der Waals surface area contributed by atoms with E-state index in [2.05, 4.69) is 0 Å². The predicted molar refractivity (Wildman–Crippen MR) is 59.1 cm³/mol. The molecule has 0 radical (unpaired) electrons. The van der Waals surface area contributed by atoms with Crippen LogP contribution >= 0.6 is 34.2 Å². The highest BCUT2D eigenvalue weighted by molar-refractivity contribution is 14.1. The molecule has 0 atom stereocenters. The van der Waals surface area contributed by atoms with Crippen LogP contribution in [0.2, 0.25) is 5.02 Å². The van der Waals surface area contributed by atoms with Gasteiger partial charge < -0.3 is 0 Å². The molecule has 5 heteroatoms. The number of benzene rings is 1. The lowest BCUT2D eigenvalue weighted by Gasteiger charge is -2.06. The Morgan fingerprint density at radius 3 is 2.50 bits per heavy atom. The lowest BCUT2D eigenvalue weighted by Crippen LogP contribution is -1.99. The first kappa shape index (κ1) is 11.8. The van der Waals surface area contributed by atoms with E-state index in [9.17, 15) is 13.6 Å². The van der Waals surface area contributed by atoms with E-state index in [0.717, 1.165) is 0 Å². The maximum Gasteiger partial charge on any atom is 0.263 e. The molecule has 0 saturated carbocycles. The first-order valence-electron chi connectivity index (χ1n) is 3.71. The number of rotatable bonds is 2. The van der Waals surface area contributed by atoms with Gasteiger partial charge in [0, 0.05) is 14.7 Å². The zero-order valence-electron chi connectivity index (χ0n) is 7.15. The molecule has 0 unspecified atom stereocenters. The van der Waals surface area contributed by atoms with Gasteiger partial charge in [0.15, 0.2) is 5.78 Å². The number of hydrogen-bond donors (Lipinski definition) is 0. The average molecular weight is 330 g/mol. The third-order valence-electron chi connectivity index (χ3n) is 1.68. The number of carbonyl (C=O) groups excluding carboxylic acids is 1. The molecule has 0 N–H and O–H groups in total. The second kappa shape index (κ2) is 4.53. The maximum absolute atomic E-state index is 12.3. The van der Waals surface area contributed by atoms with E-state index >= 15 is 0 Å². The standard InChI is InChI=1S/C9H6ClF2IO/c1-4(14)6-2-5(9(11)12)3-7(10)8(6)13/h2-3,9H,1H3. The van der Waals surface area contributed by atoms with Crippen LogP contribution in [0.25, 0.3) is 0 Å². The molecule has 0 spiro atoms. The van der Waals surface area contributed by atoms with Crippen molar-refractivity contribution in [2.24, 2.45) is 0 Å². The SMILES string of the molecule is CC(=O)c1cc(C(F)F)cc(Cl)c1I. The molecule has 0 aliphatic carbocycles. The Bertz CT molecular complexity index is 379. The molecule has 0 bridgehead atoms. The van der Waals surface area contributed by atoms with Gasteiger partial charge in [-0.1, -0.05) is 11.6 Å². The number of hydrogen-bond acceptors (Lipinski definition) is 1. The summed E-state index contributed by atoms with van der Waals surface area (Å²) in [5.41, 5.74) is 0.0222. The van der Waals surface area contributed by atoms with Crippen LogP contribution in [0.5, 0.6) is 0 Å². The molecule has 0 heterocycles. The van der Waals surface area contributed by atoms with Crippen molar-refractivity contribution in [3.63, 3.8) is 0 Å². The lowest BCUT2D eigenvalue weighted by molar-refractivity contribution is 0.101. The molecule has 1 aromatic carbocycles. The molecule has 0 aromatic heterocycles. The quantitative estimate of drug-likeness (QED) is 0.590. The molecule has 0 saturated heterocycles. The highest BCUT2D eigenvalue weighted by atomic mass is 127. The summed E-state index contributed by atoms with van der Waals surface area (Å²) in [5.74, 6) is -0.265. The van der Waals surface area contributed by atoms with Gasteiger partial charge in [0.1, 0.15) is 0 Å². The second-order valence-corrected chi connectivity index (χ2v) is 4.21. The van der Waals surface area contributed by atoms with Crippen molar-refractivity contribution in [1.29, 1.82) is 0 Å². The van der Waals surface area contributed by atoms with Crippen LogP contribution in [-0.4, -0.2) is 5.78 Å². The summed E-state index contributed by atoms with van der Waals surface area (Å²) in [6.45, 7) is 1.32. The molecule has 1 rings (SSSR count). The van der Waals surface area contributed by atoms with Crippen LogP contribution < -0.4 is 0 Å². The van der Waals surface area contributed by atoms with E-state index in [-0.39, 0.29) is 21.9 Å². The molecule has 1 nitrogen and oxygen atoms in total. The number of Topliss-reactive ketones (excluding diaryl/α,β-unsaturated/α-hetero) is 1. The van der Waals surface area contributed by atoms with Crippen molar-refractivity contribution < 1.29 is 13.6 Å². The Kier molecular flexibility index (Phi) is 3.83. The van der Waals surface area contributed by atoms with E-state index in [1.54, 1.807) is 0 Å². The lowest BCUT2D eigenvalue weighted by atomic mass is 10.1. The monoisotopic (exact) mass is 330 g/mol. The Morgan fingerprint density at radius 2 is 2.07 bits per heavy atom. The molecule has 0 aliphatic heterocycles. The van der Waals surface area contributed by atoms with Gasteiger partial charge in [0.2, 0.25) is 0 Å². The summed E-state index contributed by atoms with van der Waals surface area (Å²) < 4.78 is 25.2. The summed E-state index contributed by atoms with van der Waals surface area (Å²) in [6.07, 6.45) is -2.61. The number of carbonyl (C=O) groups is 1. The van der Waals surface area contributed by atoms with Crippen molar-refractivity contribution in [1.82, 2.24) is 0 Å². The average Bonchev–Trinajstić information content (AvgIpc) is 2.08. The van der Waals surface area contributed by atoms with E-state index in [0.29, 0.717) is 3.57 Å². The summed E-state index contributed by atoms with van der Waals surface area (Å²) in [5, 5.41) is 0.189. The summed E-state index contributed by atoms with van der Waals surface area (Å²) in [4.78, 5) is 11.1. The third kappa shape index (κ3) is 2.42. The maximum atomic E-state index is 12.3. The van der Waals surface area contributed by atoms with Crippen molar-refractivity contribution in [2.45, 2.75) is 13.3 Å². The van der Waals surface area contributed by atoms with E-state index in [1.807, 2.05) is 22.6 Å². The minimum Gasteiger partial charge on any atom is -0.294 e. The van der Waals surface area contributed by atoms with Crippen LogP contribution in [-0.2, 0) is 0 Å². The predicted octanol–water partition coefficient (Wildman–Crippen LogP) is 4.08. The van der Waals surface area contributed by atoms with Crippen LogP contribution in [0, 0.1) is 3.57 Å². The van der Waals surface area contributed by atoms with Crippen LogP contribution in [0.15, 0.2) is 12.1 Å². The van der Waals surface area contributed by atoms with Gasteiger partial charge in [-0.15, -0.1) is 0 Å². The molecule has 0 amide bonds. The molecular formula is C9H6ClF2IO. The fourth-order valence-corrected chi connectivity index (χ4v) is 1.91. The van der Waals surface area contributed by atoms with Gasteiger partial charge in [-0.2, -0.15) is 0 Å². The van der Waals surface area contributed by atoms with Crippen molar-refractivity contribution >= 4 is 40.0 Å². The molecule has 14 heavy (non-hydrogen) atoms. The van der Waals surface area contributed by atoms with Gasteiger partial charge in [0.25, 0.3) is 6.43 Å². The van der Waals surface area contributed by atoms with E-state index in [1.165, 1.54) is 19.1 Å². The molecule has 1 aromatic rings. The number of halogens is 4. The molecule has 0 aliphatic rings. The van der Waals surface area contributed by atoms with Crippen molar-refractivity contribution in [3.05, 3.63) is 31.9 Å². The summed E-state index contributed by atoms with van der Waals surface area (Å²) >= 11 is 7.58. The van der Waals surface area contributed by atoms with Crippen molar-refractivity contribution in [3.8, 4) is 0 Å². The Morgan fingerprint density at radius 1 is 1.50 bits per heavy atom. The van der Waals surface area contributed by atoms with Gasteiger partial charge in [-0.25, -0.2) is 8.78 Å². The van der Waals surface area contributed by atoms with Crippen LogP contribution in [0.3, 0.4) is 0 Å². The summed E-state index contributed by atoms with van der Waals surface area (Å²) in [7, 11) is 0. The molecule has 0 fully saturated rings. The largest absolute Gasteiger partial charge is 0.294 e. The third-order valence-corrected chi connectivity index (χ3v) is 3.46. The first-order chi connectivity index (χ1) is 6.43. The fraction of sp³-hybridized carbons (Fsp3) is 0.222. The molecular weight excluding hydrogens is 324 g/mol. The Labute approximate surface area is 98.6 Å². The van der Waals surface area contributed by atoms with E-state index < -0.39 is 6.43 Å². The smallest absolute Gasteiger partial charge is 0.263 e. The van der Waals surface area contributed by atoms with Crippen LogP contribution in [0.1, 0.15) is 29.3 Å².